The highest BCUT2D eigenvalue weighted by Crippen LogP contribution is 2.40. The molecule has 2 aliphatic rings. The normalized spacial score (nSPS) is 25.4. The second-order valence-electron chi connectivity index (χ2n) is 8.70. The Morgan fingerprint density at radius 2 is 1.42 bits per heavy atom. The molecule has 1 fully saturated rings. The zero-order chi connectivity index (χ0) is 25.5. The maximum absolute atomic E-state index is 6.55. The second kappa shape index (κ2) is 12.5. The Morgan fingerprint density at radius 3 is 1.92 bits per heavy atom. The average Bonchev–Trinajstić information content (AvgIpc) is 3.34. The summed E-state index contributed by atoms with van der Waals surface area (Å²) in [6, 6.07) is 15.5. The summed E-state index contributed by atoms with van der Waals surface area (Å²) in [5.74, 6) is 1.61. The fourth-order valence-electron chi connectivity index (χ4n) is 4.09. The molecule has 5 atom stereocenters. The van der Waals surface area contributed by atoms with Crippen molar-refractivity contribution in [3.63, 3.8) is 0 Å². The zero-order valence-corrected chi connectivity index (χ0v) is 22.1. The van der Waals surface area contributed by atoms with E-state index in [4.69, 9.17) is 33.4 Å². The number of nitrogens with zero attached hydrogens (tertiary/aromatic N) is 2. The minimum absolute atomic E-state index is 0.185. The van der Waals surface area contributed by atoms with Crippen LogP contribution >= 0.6 is 11.8 Å². The van der Waals surface area contributed by atoms with Gasteiger partial charge in [0.25, 0.3) is 0 Å². The predicted molar refractivity (Wildman–Crippen MR) is 140 cm³/mol. The van der Waals surface area contributed by atoms with E-state index in [1.807, 2.05) is 73.6 Å². The maximum Gasteiger partial charge on any atom is 0.161 e. The van der Waals surface area contributed by atoms with Crippen molar-refractivity contribution in [1.29, 1.82) is 0 Å². The summed E-state index contributed by atoms with van der Waals surface area (Å²) in [6.07, 6.45) is 2.41. The van der Waals surface area contributed by atoms with Crippen molar-refractivity contribution in [2.45, 2.75) is 43.0 Å². The molecule has 0 aromatic heterocycles. The molecule has 36 heavy (non-hydrogen) atoms. The van der Waals surface area contributed by atoms with Crippen molar-refractivity contribution >= 4 is 16.9 Å². The van der Waals surface area contributed by atoms with Crippen molar-refractivity contribution in [1.82, 2.24) is 4.90 Å². The molecule has 194 valence electrons. The number of ether oxygens (including phenoxy) is 6. The van der Waals surface area contributed by atoms with Gasteiger partial charge in [0.1, 0.15) is 41.3 Å². The van der Waals surface area contributed by atoms with Gasteiger partial charge in [-0.2, -0.15) is 0 Å². The van der Waals surface area contributed by atoms with Crippen molar-refractivity contribution < 1.29 is 28.4 Å². The zero-order valence-electron chi connectivity index (χ0n) is 21.3. The lowest BCUT2D eigenvalue weighted by Gasteiger charge is -2.41. The smallest absolute Gasteiger partial charge is 0.161 e. The number of hydrogen-bond donors (Lipinski definition) is 0. The molecule has 0 N–H and O–H groups in total. The number of benzene rings is 2. The van der Waals surface area contributed by atoms with Gasteiger partial charge in [-0.25, -0.2) is 0 Å². The molecule has 2 aliphatic heterocycles. The lowest BCUT2D eigenvalue weighted by atomic mass is 9.97. The molecular formula is C27H34N2O6S. The largest absolute Gasteiger partial charge is 0.505 e. The summed E-state index contributed by atoms with van der Waals surface area (Å²) < 4.78 is 35.3. The van der Waals surface area contributed by atoms with E-state index in [0.29, 0.717) is 13.2 Å². The van der Waals surface area contributed by atoms with Crippen LogP contribution in [0.2, 0.25) is 0 Å². The predicted octanol–water partition coefficient (Wildman–Crippen LogP) is 4.09. The fraction of sp³-hybridized carbons (Fsp3) is 0.444. The molecule has 0 spiro atoms. The minimum atomic E-state index is -0.399. The second-order valence-corrected chi connectivity index (χ2v) is 9.76. The number of rotatable bonds is 10. The molecular weight excluding hydrogens is 480 g/mol. The van der Waals surface area contributed by atoms with E-state index in [0.717, 1.165) is 27.8 Å². The number of amidine groups is 1. The SMILES string of the molecule is CO/C=C/[C@H]1O[C@@H]2SC(N(C)C)=N[C@@H]2[C@@H](OCc2ccc(OC)cc2)[C@@H]1OCc1ccc(OC)cc1. The molecule has 4 rings (SSSR count). The first-order valence-electron chi connectivity index (χ1n) is 11.8. The Bertz CT molecular complexity index is 1030. The standard InChI is InChI=1S/C27H34N2O6S/c1-29(2)27-28-23-25(34-17-19-8-12-21(32-5)13-9-19)24(22(14-15-30-3)35-26(23)36-27)33-16-18-6-10-20(31-4)11-7-18/h6-15,22-26H,16-17H2,1-5H3/b15-14+/t22-,23-,24-,25-,26-/m1/s1. The van der Waals surface area contributed by atoms with Crippen molar-refractivity contribution in [3.05, 3.63) is 72.0 Å². The molecule has 0 saturated carbocycles. The van der Waals surface area contributed by atoms with Crippen LogP contribution in [0.5, 0.6) is 11.5 Å². The van der Waals surface area contributed by atoms with E-state index < -0.39 is 6.10 Å². The number of aliphatic imine (C=N–C) groups is 1. The highest BCUT2D eigenvalue weighted by Gasteiger charge is 2.50. The number of hydrogen-bond acceptors (Lipinski definition) is 9. The van der Waals surface area contributed by atoms with Crippen LogP contribution in [0.1, 0.15) is 11.1 Å². The molecule has 0 aliphatic carbocycles. The van der Waals surface area contributed by atoms with Crippen LogP contribution in [-0.4, -0.2) is 75.3 Å². The summed E-state index contributed by atoms with van der Waals surface area (Å²) in [6.45, 7) is 0.811. The van der Waals surface area contributed by atoms with Crippen molar-refractivity contribution in [2.24, 2.45) is 4.99 Å². The lowest BCUT2D eigenvalue weighted by Crippen LogP contribution is -2.56. The quantitative estimate of drug-likeness (QED) is 0.439. The van der Waals surface area contributed by atoms with Gasteiger partial charge in [0.05, 0.1) is 40.8 Å². The third-order valence-electron chi connectivity index (χ3n) is 6.03. The van der Waals surface area contributed by atoms with Crippen molar-refractivity contribution in [2.75, 3.05) is 35.4 Å². The highest BCUT2D eigenvalue weighted by molar-refractivity contribution is 8.14. The van der Waals surface area contributed by atoms with Gasteiger partial charge < -0.3 is 33.3 Å². The number of fused-ring (bicyclic) bond motifs is 1. The first-order valence-corrected chi connectivity index (χ1v) is 12.7. The molecule has 1 saturated heterocycles. The Balaban J connectivity index is 1.58. The van der Waals surface area contributed by atoms with Crippen LogP contribution < -0.4 is 9.47 Å². The van der Waals surface area contributed by atoms with Crippen LogP contribution in [0.4, 0.5) is 0 Å². The van der Waals surface area contributed by atoms with Gasteiger partial charge in [-0.15, -0.1) is 0 Å². The lowest BCUT2D eigenvalue weighted by molar-refractivity contribution is -0.184. The summed E-state index contributed by atoms with van der Waals surface area (Å²) in [5.41, 5.74) is 1.88. The van der Waals surface area contributed by atoms with E-state index in [9.17, 15) is 0 Å². The van der Waals surface area contributed by atoms with Crippen LogP contribution in [0.3, 0.4) is 0 Å². The van der Waals surface area contributed by atoms with E-state index in [1.54, 1.807) is 39.4 Å². The first-order chi connectivity index (χ1) is 17.5. The first kappa shape index (κ1) is 26.3. The van der Waals surface area contributed by atoms with Gasteiger partial charge >= 0.3 is 0 Å². The number of methoxy groups -OCH3 is 3. The van der Waals surface area contributed by atoms with E-state index in [2.05, 4.69) is 0 Å². The van der Waals surface area contributed by atoms with Crippen molar-refractivity contribution in [3.8, 4) is 11.5 Å². The van der Waals surface area contributed by atoms with Crippen LogP contribution in [0.15, 0.2) is 65.9 Å². The van der Waals surface area contributed by atoms with Crippen LogP contribution in [0.25, 0.3) is 0 Å². The summed E-state index contributed by atoms with van der Waals surface area (Å²) >= 11 is 1.60. The molecule has 0 unspecified atom stereocenters. The molecule has 8 nitrogen and oxygen atoms in total. The summed E-state index contributed by atoms with van der Waals surface area (Å²) in [5, 5.41) is 0.910. The van der Waals surface area contributed by atoms with Gasteiger partial charge in [-0.1, -0.05) is 36.0 Å². The molecule has 0 bridgehead atoms. The van der Waals surface area contributed by atoms with Gasteiger partial charge in [0.2, 0.25) is 0 Å². The monoisotopic (exact) mass is 514 g/mol. The Hall–Kier alpha value is -2.72. The van der Waals surface area contributed by atoms with E-state index >= 15 is 0 Å². The third-order valence-corrected chi connectivity index (χ3v) is 7.33. The third kappa shape index (κ3) is 6.34. The van der Waals surface area contributed by atoms with E-state index in [-0.39, 0.29) is 23.7 Å². The average molecular weight is 515 g/mol. The Morgan fingerprint density at radius 1 is 0.861 bits per heavy atom. The molecule has 0 radical (unpaired) electrons. The van der Waals surface area contributed by atoms with Gasteiger partial charge in [-0.3, -0.25) is 4.99 Å². The summed E-state index contributed by atoms with van der Waals surface area (Å²) in [4.78, 5) is 6.96. The number of thioether (sulfide) groups is 1. The van der Waals surface area contributed by atoms with Crippen LogP contribution in [-0.2, 0) is 32.2 Å². The molecule has 2 aromatic carbocycles. The van der Waals surface area contributed by atoms with Gasteiger partial charge in [-0.05, 0) is 41.5 Å². The minimum Gasteiger partial charge on any atom is -0.505 e. The van der Waals surface area contributed by atoms with Gasteiger partial charge in [0, 0.05) is 14.1 Å². The topological polar surface area (TPSA) is 71.0 Å². The molecule has 2 heterocycles. The fourth-order valence-corrected chi connectivity index (χ4v) is 5.23. The van der Waals surface area contributed by atoms with Crippen LogP contribution in [0, 0.1) is 0 Å². The highest BCUT2D eigenvalue weighted by atomic mass is 32.2. The van der Waals surface area contributed by atoms with E-state index in [1.165, 1.54) is 0 Å². The Labute approximate surface area is 217 Å². The molecule has 9 heteroatoms. The molecule has 2 aromatic rings. The molecule has 0 amide bonds. The maximum atomic E-state index is 6.55. The Kier molecular flexibility index (Phi) is 9.14. The van der Waals surface area contributed by atoms with Gasteiger partial charge in [0.15, 0.2) is 5.17 Å². The summed E-state index contributed by atoms with van der Waals surface area (Å²) in [7, 11) is 8.89.